The molecular formula is C22H22N4O. The molecule has 27 heavy (non-hydrogen) atoms. The molecule has 3 aromatic rings. The maximum atomic E-state index is 13.2. The number of aryl methyl sites for hydroxylation is 2. The van der Waals surface area contributed by atoms with Crippen LogP contribution >= 0.6 is 0 Å². The number of anilines is 2. The van der Waals surface area contributed by atoms with Crippen molar-refractivity contribution in [1.29, 1.82) is 0 Å². The third-order valence-electron chi connectivity index (χ3n) is 5.21. The Balaban J connectivity index is 1.87. The van der Waals surface area contributed by atoms with Crippen molar-refractivity contribution in [3.8, 4) is 11.1 Å². The largest absolute Gasteiger partial charge is 0.278 e. The molecule has 0 aliphatic carbocycles. The van der Waals surface area contributed by atoms with Crippen molar-refractivity contribution in [2.75, 3.05) is 4.90 Å². The molecule has 4 rings (SSSR count). The van der Waals surface area contributed by atoms with Gasteiger partial charge in [0.25, 0.3) is 0 Å². The summed E-state index contributed by atoms with van der Waals surface area (Å²) in [5.74, 6) is 0.796. The van der Waals surface area contributed by atoms with E-state index < -0.39 is 5.41 Å². The van der Waals surface area contributed by atoms with Gasteiger partial charge in [0.15, 0.2) is 0 Å². The van der Waals surface area contributed by atoms with Crippen LogP contribution in [0.3, 0.4) is 0 Å². The van der Waals surface area contributed by atoms with Crippen molar-refractivity contribution in [1.82, 2.24) is 15.0 Å². The number of nitrogens with zero attached hydrogens (tertiary/aromatic N) is 4. The quantitative estimate of drug-likeness (QED) is 0.698. The summed E-state index contributed by atoms with van der Waals surface area (Å²) in [5.41, 5.74) is 5.17. The zero-order valence-electron chi connectivity index (χ0n) is 16.0. The normalized spacial score (nSPS) is 15.1. The lowest BCUT2D eigenvalue weighted by atomic mass is 9.85. The zero-order chi connectivity index (χ0) is 19.2. The molecule has 2 aromatic heterocycles. The summed E-state index contributed by atoms with van der Waals surface area (Å²) >= 11 is 0. The smallest absolute Gasteiger partial charge is 0.241 e. The standard InChI is InChI=1S/C22H22N4O/c1-5-15-8-18(13-23-10-15)26-20-9-16(17-11-24-14(2)25-12-17)6-7-19(20)22(3,4)21(26)27/h6-13H,5H2,1-4H3. The second-order valence-electron chi connectivity index (χ2n) is 7.42. The minimum Gasteiger partial charge on any atom is -0.278 e. The molecule has 0 unspecified atom stereocenters. The van der Waals surface area contributed by atoms with Crippen LogP contribution < -0.4 is 4.90 Å². The fourth-order valence-electron chi connectivity index (χ4n) is 3.52. The second-order valence-corrected chi connectivity index (χ2v) is 7.42. The highest BCUT2D eigenvalue weighted by Gasteiger charge is 2.44. The zero-order valence-corrected chi connectivity index (χ0v) is 16.0. The summed E-state index contributed by atoms with van der Waals surface area (Å²) in [7, 11) is 0. The molecule has 5 nitrogen and oxygen atoms in total. The van der Waals surface area contributed by atoms with E-state index in [1.807, 2.05) is 57.6 Å². The molecule has 0 fully saturated rings. The van der Waals surface area contributed by atoms with E-state index in [9.17, 15) is 4.79 Å². The minimum atomic E-state index is -0.583. The summed E-state index contributed by atoms with van der Waals surface area (Å²) in [6, 6.07) is 8.16. The van der Waals surface area contributed by atoms with Crippen LogP contribution in [0.2, 0.25) is 0 Å². The number of amides is 1. The Bertz CT molecular complexity index is 1020. The fourth-order valence-corrected chi connectivity index (χ4v) is 3.52. The number of fused-ring (bicyclic) bond motifs is 1. The van der Waals surface area contributed by atoms with Gasteiger partial charge in [0, 0.05) is 24.2 Å². The van der Waals surface area contributed by atoms with Gasteiger partial charge in [0.2, 0.25) is 5.91 Å². The van der Waals surface area contributed by atoms with E-state index in [0.717, 1.165) is 45.9 Å². The lowest BCUT2D eigenvalue weighted by Crippen LogP contribution is -2.33. The van der Waals surface area contributed by atoms with Crippen molar-refractivity contribution >= 4 is 17.3 Å². The van der Waals surface area contributed by atoms with Crippen molar-refractivity contribution in [2.24, 2.45) is 0 Å². The van der Waals surface area contributed by atoms with E-state index in [-0.39, 0.29) is 5.91 Å². The van der Waals surface area contributed by atoms with Gasteiger partial charge in [0.05, 0.1) is 23.0 Å². The number of hydrogen-bond donors (Lipinski definition) is 0. The first-order valence-corrected chi connectivity index (χ1v) is 9.14. The first kappa shape index (κ1) is 17.3. The lowest BCUT2D eigenvalue weighted by molar-refractivity contribution is -0.121. The molecule has 1 aliphatic heterocycles. The molecule has 0 spiro atoms. The van der Waals surface area contributed by atoms with Gasteiger partial charge in [-0.3, -0.25) is 14.7 Å². The van der Waals surface area contributed by atoms with Crippen molar-refractivity contribution in [2.45, 2.75) is 39.5 Å². The average molecular weight is 358 g/mol. The maximum Gasteiger partial charge on any atom is 0.241 e. The predicted octanol–water partition coefficient (Wildman–Crippen LogP) is 4.37. The van der Waals surface area contributed by atoms with Crippen LogP contribution in [0, 0.1) is 6.92 Å². The Morgan fingerprint density at radius 1 is 1.00 bits per heavy atom. The average Bonchev–Trinajstić information content (AvgIpc) is 2.88. The first-order chi connectivity index (χ1) is 12.9. The van der Waals surface area contributed by atoms with Gasteiger partial charge < -0.3 is 0 Å². The number of hydrogen-bond acceptors (Lipinski definition) is 4. The lowest BCUT2D eigenvalue weighted by Gasteiger charge is -2.20. The van der Waals surface area contributed by atoms with E-state index in [0.29, 0.717) is 0 Å². The van der Waals surface area contributed by atoms with Gasteiger partial charge in [-0.1, -0.05) is 19.1 Å². The number of rotatable bonds is 3. The molecular weight excluding hydrogens is 336 g/mol. The Labute approximate surface area is 159 Å². The van der Waals surface area contributed by atoms with Crippen LogP contribution in [-0.4, -0.2) is 20.9 Å². The molecule has 0 saturated heterocycles. The minimum absolute atomic E-state index is 0.0601. The van der Waals surface area contributed by atoms with Gasteiger partial charge in [-0.2, -0.15) is 0 Å². The Kier molecular flexibility index (Phi) is 4.02. The SMILES string of the molecule is CCc1cncc(N2C(=O)C(C)(C)c3ccc(-c4cnc(C)nc4)cc32)c1. The highest BCUT2D eigenvalue weighted by Crippen LogP contribution is 2.46. The maximum absolute atomic E-state index is 13.2. The predicted molar refractivity (Wildman–Crippen MR) is 106 cm³/mol. The molecule has 0 atom stereocenters. The number of carbonyl (C=O) groups excluding carboxylic acids is 1. The number of benzene rings is 1. The van der Waals surface area contributed by atoms with Crippen molar-refractivity contribution in [3.05, 3.63) is 66.0 Å². The highest BCUT2D eigenvalue weighted by atomic mass is 16.2. The van der Waals surface area contributed by atoms with Crippen LogP contribution in [0.4, 0.5) is 11.4 Å². The third-order valence-corrected chi connectivity index (χ3v) is 5.21. The molecule has 0 bridgehead atoms. The molecule has 1 aromatic carbocycles. The summed E-state index contributed by atoms with van der Waals surface area (Å²) in [5, 5.41) is 0. The van der Waals surface area contributed by atoms with Crippen LogP contribution in [0.15, 0.2) is 49.1 Å². The summed E-state index contributed by atoms with van der Waals surface area (Å²) < 4.78 is 0. The summed E-state index contributed by atoms with van der Waals surface area (Å²) in [6.45, 7) is 7.89. The second kappa shape index (κ2) is 6.27. The van der Waals surface area contributed by atoms with Gasteiger partial charge in [-0.05, 0) is 56.0 Å². The van der Waals surface area contributed by atoms with E-state index in [4.69, 9.17) is 0 Å². The van der Waals surface area contributed by atoms with Crippen LogP contribution in [0.25, 0.3) is 11.1 Å². The Morgan fingerprint density at radius 2 is 1.74 bits per heavy atom. The molecule has 1 amide bonds. The van der Waals surface area contributed by atoms with Crippen molar-refractivity contribution in [3.63, 3.8) is 0 Å². The molecule has 3 heterocycles. The van der Waals surface area contributed by atoms with Gasteiger partial charge in [0.1, 0.15) is 5.82 Å². The fraction of sp³-hybridized carbons (Fsp3) is 0.273. The summed E-state index contributed by atoms with van der Waals surface area (Å²) in [6.07, 6.45) is 8.10. The highest BCUT2D eigenvalue weighted by molar-refractivity contribution is 6.12. The molecule has 136 valence electrons. The van der Waals surface area contributed by atoms with E-state index >= 15 is 0 Å². The van der Waals surface area contributed by atoms with Gasteiger partial charge in [-0.15, -0.1) is 0 Å². The van der Waals surface area contributed by atoms with E-state index in [2.05, 4.69) is 27.9 Å². The molecule has 5 heteroatoms. The van der Waals surface area contributed by atoms with E-state index in [1.165, 1.54) is 0 Å². The topological polar surface area (TPSA) is 59.0 Å². The third kappa shape index (κ3) is 2.79. The van der Waals surface area contributed by atoms with E-state index in [1.54, 1.807) is 11.1 Å². The number of carbonyl (C=O) groups is 1. The van der Waals surface area contributed by atoms with Crippen LogP contribution in [0.1, 0.15) is 37.7 Å². The molecule has 1 aliphatic rings. The van der Waals surface area contributed by atoms with Crippen LogP contribution in [-0.2, 0) is 16.6 Å². The number of aromatic nitrogens is 3. The summed E-state index contributed by atoms with van der Waals surface area (Å²) in [4.78, 5) is 28.0. The molecule has 0 N–H and O–H groups in total. The van der Waals surface area contributed by atoms with Gasteiger partial charge >= 0.3 is 0 Å². The monoisotopic (exact) mass is 358 g/mol. The Morgan fingerprint density at radius 3 is 2.44 bits per heavy atom. The molecule has 0 radical (unpaired) electrons. The Hall–Kier alpha value is -3.08. The van der Waals surface area contributed by atoms with Crippen LogP contribution in [0.5, 0.6) is 0 Å². The molecule has 0 saturated carbocycles. The number of pyridine rings is 1. The van der Waals surface area contributed by atoms with Gasteiger partial charge in [-0.25, -0.2) is 9.97 Å². The first-order valence-electron chi connectivity index (χ1n) is 9.14. The van der Waals surface area contributed by atoms with Crippen molar-refractivity contribution < 1.29 is 4.79 Å².